The summed E-state index contributed by atoms with van der Waals surface area (Å²) in [6, 6.07) is 8.44. The third kappa shape index (κ3) is 2.37. The van der Waals surface area contributed by atoms with Crippen LogP contribution in [0, 0.1) is 0 Å². The minimum absolute atomic E-state index is 0.0887. The Morgan fingerprint density at radius 2 is 2.00 bits per heavy atom. The fraction of sp³-hybridized carbons (Fsp3) is 0.167. The Kier molecular flexibility index (Phi) is 3.23. The first-order valence-corrected chi connectivity index (χ1v) is 6.21. The molecule has 0 radical (unpaired) electrons. The first-order valence-electron chi connectivity index (χ1n) is 4.65. The summed E-state index contributed by atoms with van der Waals surface area (Å²) < 4.78 is 8.21. The molecule has 0 amide bonds. The monoisotopic (exact) mass is 220 g/mol. The fourth-order valence-electron chi connectivity index (χ4n) is 1.40. The van der Waals surface area contributed by atoms with Crippen LogP contribution in [0.4, 0.5) is 0 Å². The minimum atomic E-state index is -0.0887. The molecule has 70 valence electrons. The Bertz CT molecular complexity index is 362. The van der Waals surface area contributed by atoms with Gasteiger partial charge in [-0.25, -0.2) is 0 Å². The molecule has 2 heteroatoms. The summed E-state index contributed by atoms with van der Waals surface area (Å²) in [5, 5.41) is 0. The van der Waals surface area contributed by atoms with E-state index >= 15 is 0 Å². The molecular formula is C12H12OTi. The normalized spacial score (nSPS) is 13.9. The summed E-state index contributed by atoms with van der Waals surface area (Å²) in [5.74, 6) is 0.943. The topological polar surface area (TPSA) is 9.23 Å². The quantitative estimate of drug-likeness (QED) is 0.710. The van der Waals surface area contributed by atoms with Crippen molar-refractivity contribution >= 4 is 3.87 Å². The van der Waals surface area contributed by atoms with Crippen LogP contribution in [0.5, 0.6) is 5.75 Å². The molecule has 0 N–H and O–H groups in total. The zero-order valence-electron chi connectivity index (χ0n) is 8.16. The molecule has 1 aromatic rings. The van der Waals surface area contributed by atoms with Crippen molar-refractivity contribution in [3.63, 3.8) is 0 Å². The van der Waals surface area contributed by atoms with Gasteiger partial charge in [0.1, 0.15) is 0 Å². The van der Waals surface area contributed by atoms with E-state index in [-0.39, 0.29) is 19.2 Å². The van der Waals surface area contributed by atoms with Gasteiger partial charge in [0.05, 0.1) is 0 Å². The van der Waals surface area contributed by atoms with Crippen molar-refractivity contribution in [3.8, 4) is 5.75 Å². The molecule has 0 spiro atoms. The van der Waals surface area contributed by atoms with Gasteiger partial charge in [0, 0.05) is 0 Å². The average Bonchev–Trinajstić information content (AvgIpc) is 2.72. The van der Waals surface area contributed by atoms with Crippen LogP contribution in [0.1, 0.15) is 6.42 Å². The average molecular weight is 220 g/mol. The molecule has 0 unspecified atom stereocenters. The molecule has 0 aliphatic heterocycles. The Balaban J connectivity index is 2.03. The molecule has 1 aliphatic carbocycles. The first kappa shape index (κ1) is 9.76. The second-order valence-corrected chi connectivity index (χ2v) is 5.47. The Hall–Kier alpha value is -0.786. The molecule has 0 fully saturated rings. The van der Waals surface area contributed by atoms with Gasteiger partial charge in [0.25, 0.3) is 0 Å². The van der Waals surface area contributed by atoms with Crippen molar-refractivity contribution in [1.82, 2.24) is 0 Å². The van der Waals surface area contributed by atoms with E-state index in [2.05, 4.69) is 30.4 Å². The summed E-state index contributed by atoms with van der Waals surface area (Å²) in [6.07, 6.45) is 7.79. The van der Waals surface area contributed by atoms with E-state index < -0.39 is 0 Å². The molecule has 0 aromatic heterocycles. The third-order valence-corrected chi connectivity index (χ3v) is 4.22. The summed E-state index contributed by atoms with van der Waals surface area (Å²) >= 11 is -0.0887. The van der Waals surface area contributed by atoms with Gasteiger partial charge in [-0.05, 0) is 0 Å². The number of allylic oxidation sites excluding steroid dienone is 4. The number of ether oxygens (including phenoxy) is 1. The molecule has 1 aliphatic rings. The van der Waals surface area contributed by atoms with Crippen LogP contribution >= 0.6 is 0 Å². The molecule has 0 heterocycles. The van der Waals surface area contributed by atoms with Crippen LogP contribution in [0.25, 0.3) is 0 Å². The summed E-state index contributed by atoms with van der Waals surface area (Å²) in [5.41, 5.74) is 0. The predicted molar refractivity (Wildman–Crippen MR) is 54.5 cm³/mol. The van der Waals surface area contributed by atoms with E-state index in [0.717, 1.165) is 12.2 Å². The maximum atomic E-state index is 5.13. The molecule has 14 heavy (non-hydrogen) atoms. The van der Waals surface area contributed by atoms with Gasteiger partial charge in [-0.2, -0.15) is 0 Å². The summed E-state index contributed by atoms with van der Waals surface area (Å²) in [7, 11) is 1.70. The summed E-state index contributed by atoms with van der Waals surface area (Å²) in [4.78, 5) is 0. The number of methoxy groups -OCH3 is 1. The molecule has 0 saturated carbocycles. The molecule has 0 atom stereocenters. The van der Waals surface area contributed by atoms with Gasteiger partial charge < -0.3 is 0 Å². The molecular weight excluding hydrogens is 208 g/mol. The van der Waals surface area contributed by atoms with Crippen molar-refractivity contribution < 1.29 is 23.9 Å². The van der Waals surface area contributed by atoms with E-state index in [1.165, 1.54) is 3.87 Å². The van der Waals surface area contributed by atoms with Crippen LogP contribution < -0.4 is 8.61 Å². The van der Waals surface area contributed by atoms with Crippen molar-refractivity contribution in [2.75, 3.05) is 7.11 Å². The SMILES string of the molecule is COc1cc[c]([Ti][C]2=CC=CC2)cc1. The maximum absolute atomic E-state index is 5.13. The third-order valence-electron chi connectivity index (χ3n) is 2.17. The zero-order valence-corrected chi connectivity index (χ0v) is 9.72. The van der Waals surface area contributed by atoms with E-state index in [0.29, 0.717) is 0 Å². The Morgan fingerprint density at radius 1 is 1.21 bits per heavy atom. The van der Waals surface area contributed by atoms with Crippen molar-refractivity contribution in [1.29, 1.82) is 0 Å². The van der Waals surface area contributed by atoms with Crippen LogP contribution in [0.3, 0.4) is 0 Å². The molecule has 0 saturated heterocycles. The number of benzene rings is 1. The van der Waals surface area contributed by atoms with Crippen molar-refractivity contribution in [2.45, 2.75) is 6.42 Å². The molecule has 1 nitrogen and oxygen atoms in total. The Labute approximate surface area is 93.4 Å². The van der Waals surface area contributed by atoms with E-state index in [1.807, 2.05) is 12.1 Å². The van der Waals surface area contributed by atoms with Gasteiger partial charge in [0.15, 0.2) is 0 Å². The van der Waals surface area contributed by atoms with Gasteiger partial charge in [-0.3, -0.25) is 0 Å². The van der Waals surface area contributed by atoms with Crippen LogP contribution in [0.2, 0.25) is 0 Å². The molecule has 0 bridgehead atoms. The number of hydrogen-bond donors (Lipinski definition) is 0. The number of rotatable bonds is 3. The predicted octanol–water partition coefficient (Wildman–Crippen LogP) is 2.25. The van der Waals surface area contributed by atoms with E-state index in [1.54, 1.807) is 11.0 Å². The molecule has 1 aromatic carbocycles. The van der Waals surface area contributed by atoms with E-state index in [9.17, 15) is 0 Å². The van der Waals surface area contributed by atoms with Crippen LogP contribution in [-0.4, -0.2) is 7.11 Å². The molecule has 2 rings (SSSR count). The first-order chi connectivity index (χ1) is 6.88. The standard InChI is InChI=1S/C7H7O.C5H5.Ti/c1-8-7-5-3-2-4-6-7;1-2-4-5-3-1;/h3-6H,1H3;1-3H,4H2;. The van der Waals surface area contributed by atoms with Gasteiger partial charge in [-0.15, -0.1) is 0 Å². The number of hydrogen-bond acceptors (Lipinski definition) is 1. The second kappa shape index (κ2) is 4.63. The second-order valence-electron chi connectivity index (χ2n) is 3.18. The van der Waals surface area contributed by atoms with Gasteiger partial charge in [-0.1, -0.05) is 0 Å². The fourth-order valence-corrected chi connectivity index (χ4v) is 3.12. The van der Waals surface area contributed by atoms with Crippen molar-refractivity contribution in [2.24, 2.45) is 0 Å². The summed E-state index contributed by atoms with van der Waals surface area (Å²) in [6.45, 7) is 0. The van der Waals surface area contributed by atoms with Crippen molar-refractivity contribution in [3.05, 3.63) is 46.4 Å². The van der Waals surface area contributed by atoms with Gasteiger partial charge >= 0.3 is 93.4 Å². The van der Waals surface area contributed by atoms with Gasteiger partial charge in [0.2, 0.25) is 0 Å². The van der Waals surface area contributed by atoms with E-state index in [4.69, 9.17) is 4.74 Å². The Morgan fingerprint density at radius 3 is 2.57 bits per heavy atom. The van der Waals surface area contributed by atoms with Crippen LogP contribution in [0.15, 0.2) is 46.4 Å². The zero-order chi connectivity index (χ0) is 9.80. The van der Waals surface area contributed by atoms with Crippen LogP contribution in [-0.2, 0) is 19.2 Å².